The molecule has 150 valence electrons. The maximum atomic E-state index is 12.0. The minimum Gasteiger partial charge on any atom is -0.483 e. The molecule has 0 unspecified atom stereocenters. The molecule has 0 aromatic heterocycles. The third-order valence-electron chi connectivity index (χ3n) is 4.14. The first-order chi connectivity index (χ1) is 13.2. The number of carbonyl (C=O) groups is 2. The van der Waals surface area contributed by atoms with Crippen molar-refractivity contribution >= 4 is 27.7 Å². The van der Waals surface area contributed by atoms with E-state index in [1.165, 1.54) is 0 Å². The topological polar surface area (TPSA) is 67.4 Å². The van der Waals surface area contributed by atoms with Crippen molar-refractivity contribution in [3.8, 4) is 5.75 Å². The summed E-state index contributed by atoms with van der Waals surface area (Å²) < 4.78 is 6.65. The Bertz CT molecular complexity index is 827. The molecule has 0 saturated carbocycles. The summed E-state index contributed by atoms with van der Waals surface area (Å²) in [5.74, 6) is 0.322. The number of hydrogen-bond acceptors (Lipinski definition) is 3. The van der Waals surface area contributed by atoms with Gasteiger partial charge in [0.05, 0.1) is 0 Å². The Hall–Kier alpha value is -2.34. The fourth-order valence-electron chi connectivity index (χ4n) is 2.63. The van der Waals surface area contributed by atoms with Gasteiger partial charge in [-0.3, -0.25) is 9.59 Å². The zero-order chi connectivity index (χ0) is 20.7. The number of ether oxygens (including phenoxy) is 1. The highest BCUT2D eigenvalue weighted by Gasteiger charge is 2.19. The fourth-order valence-corrected chi connectivity index (χ4v) is 2.90. The van der Waals surface area contributed by atoms with E-state index in [4.69, 9.17) is 4.74 Å². The van der Waals surface area contributed by atoms with Gasteiger partial charge < -0.3 is 15.4 Å². The van der Waals surface area contributed by atoms with E-state index in [9.17, 15) is 9.59 Å². The van der Waals surface area contributed by atoms with Crippen LogP contribution in [0.5, 0.6) is 5.75 Å². The number of nitrogens with one attached hydrogen (secondary N) is 2. The molecule has 0 atom stereocenters. The normalized spacial score (nSPS) is 11.0. The number of hydrogen-bond donors (Lipinski definition) is 2. The van der Waals surface area contributed by atoms with Crippen molar-refractivity contribution in [2.75, 3.05) is 19.7 Å². The molecule has 6 heteroatoms. The molecule has 0 radical (unpaired) electrons. The number of halogens is 1. The average molecular weight is 447 g/mol. The van der Waals surface area contributed by atoms with Crippen molar-refractivity contribution < 1.29 is 14.3 Å². The lowest BCUT2D eigenvalue weighted by atomic mass is 9.85. The van der Waals surface area contributed by atoms with E-state index in [0.29, 0.717) is 18.7 Å². The van der Waals surface area contributed by atoms with Crippen LogP contribution in [0.25, 0.3) is 0 Å². The van der Waals surface area contributed by atoms with Gasteiger partial charge in [-0.1, -0.05) is 54.4 Å². The minimum absolute atomic E-state index is 0.0627. The van der Waals surface area contributed by atoms with Gasteiger partial charge in [0.25, 0.3) is 11.8 Å². The van der Waals surface area contributed by atoms with Crippen molar-refractivity contribution in [2.24, 2.45) is 0 Å². The first-order valence-electron chi connectivity index (χ1n) is 9.21. The Kier molecular flexibility index (Phi) is 7.63. The molecule has 2 amide bonds. The number of amides is 2. The van der Waals surface area contributed by atoms with Gasteiger partial charge in [0.15, 0.2) is 6.61 Å². The second-order valence-corrected chi connectivity index (χ2v) is 8.57. The smallest absolute Gasteiger partial charge is 0.258 e. The highest BCUT2D eigenvalue weighted by Crippen LogP contribution is 2.32. The van der Waals surface area contributed by atoms with Gasteiger partial charge in [0, 0.05) is 23.1 Å². The van der Waals surface area contributed by atoms with Crippen LogP contribution in [0.4, 0.5) is 0 Å². The molecule has 28 heavy (non-hydrogen) atoms. The monoisotopic (exact) mass is 446 g/mol. The maximum absolute atomic E-state index is 12.0. The summed E-state index contributed by atoms with van der Waals surface area (Å²) in [6.07, 6.45) is 0. The average Bonchev–Trinajstić information content (AvgIpc) is 2.64. The van der Waals surface area contributed by atoms with Crippen molar-refractivity contribution in [2.45, 2.75) is 33.1 Å². The largest absolute Gasteiger partial charge is 0.483 e. The molecule has 0 heterocycles. The molecule has 0 aliphatic carbocycles. The molecule has 0 saturated heterocycles. The third-order valence-corrected chi connectivity index (χ3v) is 4.67. The van der Waals surface area contributed by atoms with E-state index >= 15 is 0 Å². The second kappa shape index (κ2) is 9.73. The van der Waals surface area contributed by atoms with Crippen LogP contribution in [-0.2, 0) is 10.2 Å². The number of carbonyl (C=O) groups excluding carboxylic acids is 2. The first kappa shape index (κ1) is 22.0. The zero-order valence-electron chi connectivity index (χ0n) is 16.8. The molecule has 0 bridgehead atoms. The van der Waals surface area contributed by atoms with Crippen LogP contribution in [0.2, 0.25) is 0 Å². The number of rotatable bonds is 7. The molecule has 0 aliphatic rings. The predicted molar refractivity (Wildman–Crippen MR) is 115 cm³/mol. The Balaban J connectivity index is 1.76. The molecule has 2 rings (SSSR count). The lowest BCUT2D eigenvalue weighted by molar-refractivity contribution is -0.123. The summed E-state index contributed by atoms with van der Waals surface area (Å²) in [5.41, 5.74) is 2.73. The lowest BCUT2D eigenvalue weighted by Gasteiger charge is -2.23. The summed E-state index contributed by atoms with van der Waals surface area (Å²) in [4.78, 5) is 24.0. The summed E-state index contributed by atoms with van der Waals surface area (Å²) in [5, 5.41) is 5.53. The van der Waals surface area contributed by atoms with Crippen LogP contribution in [0.15, 0.2) is 46.9 Å². The van der Waals surface area contributed by atoms with Gasteiger partial charge >= 0.3 is 0 Å². The zero-order valence-corrected chi connectivity index (χ0v) is 18.4. The molecule has 2 aromatic carbocycles. The van der Waals surface area contributed by atoms with Gasteiger partial charge in [-0.05, 0) is 48.2 Å². The summed E-state index contributed by atoms with van der Waals surface area (Å²) in [6.45, 7) is 9.00. The van der Waals surface area contributed by atoms with Gasteiger partial charge in [-0.15, -0.1) is 0 Å². The molecule has 2 N–H and O–H groups in total. The van der Waals surface area contributed by atoms with Crippen molar-refractivity contribution in [1.29, 1.82) is 0 Å². The minimum atomic E-state index is -0.224. The summed E-state index contributed by atoms with van der Waals surface area (Å²) in [7, 11) is 0. The molecule has 0 aliphatic heterocycles. The molecule has 0 fully saturated rings. The van der Waals surface area contributed by atoms with Crippen molar-refractivity contribution in [3.05, 3.63) is 63.6 Å². The highest BCUT2D eigenvalue weighted by atomic mass is 79.9. The SMILES string of the molecule is Cc1ccc(OCC(=O)NCCNC(=O)c2ccc(Br)cc2)c(C(C)(C)C)c1. The quantitative estimate of drug-likeness (QED) is 0.631. The number of benzene rings is 2. The second-order valence-electron chi connectivity index (χ2n) is 7.65. The lowest BCUT2D eigenvalue weighted by Crippen LogP contribution is -2.36. The van der Waals surface area contributed by atoms with Crippen LogP contribution >= 0.6 is 15.9 Å². The highest BCUT2D eigenvalue weighted by molar-refractivity contribution is 9.10. The van der Waals surface area contributed by atoms with E-state index in [2.05, 4.69) is 53.4 Å². The van der Waals surface area contributed by atoms with Gasteiger partial charge in [0.1, 0.15) is 5.75 Å². The van der Waals surface area contributed by atoms with E-state index in [1.807, 2.05) is 31.2 Å². The molecular formula is C22H27BrN2O3. The van der Waals surface area contributed by atoms with Crippen LogP contribution in [0.1, 0.15) is 42.3 Å². The van der Waals surface area contributed by atoms with E-state index in [0.717, 1.165) is 21.3 Å². The van der Waals surface area contributed by atoms with E-state index < -0.39 is 0 Å². The summed E-state index contributed by atoms with van der Waals surface area (Å²) >= 11 is 3.33. The van der Waals surface area contributed by atoms with Crippen molar-refractivity contribution in [3.63, 3.8) is 0 Å². The van der Waals surface area contributed by atoms with E-state index in [-0.39, 0.29) is 23.8 Å². The van der Waals surface area contributed by atoms with Crippen LogP contribution in [0, 0.1) is 6.92 Å². The van der Waals surface area contributed by atoms with E-state index in [1.54, 1.807) is 12.1 Å². The Morgan fingerprint density at radius 1 is 1.00 bits per heavy atom. The third kappa shape index (κ3) is 6.68. The van der Waals surface area contributed by atoms with Gasteiger partial charge in [0.2, 0.25) is 0 Å². The Morgan fingerprint density at radius 2 is 1.64 bits per heavy atom. The van der Waals surface area contributed by atoms with Crippen LogP contribution in [0.3, 0.4) is 0 Å². The fraction of sp³-hybridized carbons (Fsp3) is 0.364. The Labute approximate surface area is 175 Å². The molecule has 5 nitrogen and oxygen atoms in total. The predicted octanol–water partition coefficient (Wildman–Crippen LogP) is 3.98. The molecule has 2 aromatic rings. The Morgan fingerprint density at radius 3 is 2.29 bits per heavy atom. The van der Waals surface area contributed by atoms with Gasteiger partial charge in [-0.25, -0.2) is 0 Å². The van der Waals surface area contributed by atoms with Crippen LogP contribution in [-0.4, -0.2) is 31.5 Å². The first-order valence-corrected chi connectivity index (χ1v) is 10.0. The molecule has 0 spiro atoms. The maximum Gasteiger partial charge on any atom is 0.258 e. The summed E-state index contributed by atoms with van der Waals surface area (Å²) in [6, 6.07) is 13.1. The standard InChI is InChI=1S/C22H27BrN2O3/c1-15-5-10-19(18(13-15)22(2,3)4)28-14-20(26)24-11-12-25-21(27)16-6-8-17(23)9-7-16/h5-10,13H,11-12,14H2,1-4H3,(H,24,26)(H,25,27). The molecular weight excluding hydrogens is 420 g/mol. The van der Waals surface area contributed by atoms with Gasteiger partial charge in [-0.2, -0.15) is 0 Å². The van der Waals surface area contributed by atoms with Crippen LogP contribution < -0.4 is 15.4 Å². The van der Waals surface area contributed by atoms with Crippen molar-refractivity contribution in [1.82, 2.24) is 10.6 Å². The number of aryl methyl sites for hydroxylation is 1.